The highest BCUT2D eigenvalue weighted by atomic mass is 16.1. The lowest BCUT2D eigenvalue weighted by Gasteiger charge is -2.33. The van der Waals surface area contributed by atoms with Crippen LogP contribution in [0.4, 0.5) is 0 Å². The van der Waals surface area contributed by atoms with Crippen LogP contribution in [0.5, 0.6) is 0 Å². The molecule has 1 rings (SSSR count). The van der Waals surface area contributed by atoms with Crippen molar-refractivity contribution in [3.05, 3.63) is 12.2 Å². The molecule has 28 heavy (non-hydrogen) atoms. The summed E-state index contributed by atoms with van der Waals surface area (Å²) in [5, 5.41) is 2.96. The molecule has 1 heterocycles. The average Bonchev–Trinajstić information content (AvgIpc) is 3.08. The van der Waals surface area contributed by atoms with E-state index in [1.807, 2.05) is 0 Å². The van der Waals surface area contributed by atoms with Gasteiger partial charge in [-0.15, -0.1) is 0 Å². The lowest BCUT2D eigenvalue weighted by atomic mass is 10.1. The van der Waals surface area contributed by atoms with Gasteiger partial charge in [-0.05, 0) is 39.0 Å². The molecule has 0 fully saturated rings. The number of carbonyl (C=O) groups is 1. The maximum atomic E-state index is 11.1. The summed E-state index contributed by atoms with van der Waals surface area (Å²) in [4.78, 5) is 16.0. The van der Waals surface area contributed by atoms with Crippen LogP contribution in [0.25, 0.3) is 0 Å². The topological polar surface area (TPSA) is 41.5 Å². The van der Waals surface area contributed by atoms with E-state index in [-0.39, 0.29) is 5.91 Å². The molecule has 0 saturated carbocycles. The fraction of sp³-hybridized carbons (Fsp3) is 0.833. The predicted molar refractivity (Wildman–Crippen MR) is 122 cm³/mol. The SMILES string of the molecule is CCCCC/C=C/CCCCCCCCC1=NCC[N+]1(CC)CCNC(C)=O. The van der Waals surface area contributed by atoms with Gasteiger partial charge in [0.2, 0.25) is 5.91 Å². The summed E-state index contributed by atoms with van der Waals surface area (Å²) >= 11 is 0. The first-order valence-electron chi connectivity index (χ1n) is 11.9. The van der Waals surface area contributed by atoms with E-state index in [4.69, 9.17) is 4.99 Å². The van der Waals surface area contributed by atoms with Gasteiger partial charge >= 0.3 is 0 Å². The molecule has 1 amide bonds. The highest BCUT2D eigenvalue weighted by molar-refractivity contribution is 5.77. The Bertz CT molecular complexity index is 472. The number of unbranched alkanes of at least 4 members (excludes halogenated alkanes) is 9. The number of quaternary nitrogens is 1. The fourth-order valence-corrected chi connectivity index (χ4v) is 4.15. The van der Waals surface area contributed by atoms with Gasteiger partial charge in [-0.25, -0.2) is 4.99 Å². The lowest BCUT2D eigenvalue weighted by Crippen LogP contribution is -2.54. The second-order valence-electron chi connectivity index (χ2n) is 8.32. The van der Waals surface area contributed by atoms with Crippen LogP contribution in [0.3, 0.4) is 0 Å². The third kappa shape index (κ3) is 10.4. The Hall–Kier alpha value is -1.16. The predicted octanol–water partition coefficient (Wildman–Crippen LogP) is 5.63. The number of aliphatic imine (C=N–C) groups is 1. The molecule has 4 nitrogen and oxygen atoms in total. The van der Waals surface area contributed by atoms with Crippen LogP contribution in [0.15, 0.2) is 17.1 Å². The van der Waals surface area contributed by atoms with Crippen molar-refractivity contribution in [2.24, 2.45) is 4.99 Å². The van der Waals surface area contributed by atoms with Gasteiger partial charge in [-0.1, -0.05) is 57.6 Å². The van der Waals surface area contributed by atoms with E-state index in [0.29, 0.717) is 0 Å². The Morgan fingerprint density at radius 3 is 2.29 bits per heavy atom. The third-order valence-electron chi connectivity index (χ3n) is 6.05. The minimum atomic E-state index is 0.0684. The summed E-state index contributed by atoms with van der Waals surface area (Å²) < 4.78 is 0.991. The number of carbonyl (C=O) groups excluding carboxylic acids is 1. The van der Waals surface area contributed by atoms with E-state index in [9.17, 15) is 4.79 Å². The van der Waals surface area contributed by atoms with Crippen molar-refractivity contribution in [1.82, 2.24) is 5.32 Å². The Kier molecular flexibility index (Phi) is 14.0. The first-order valence-corrected chi connectivity index (χ1v) is 11.9. The number of likely N-dealkylation sites (N-methyl/N-ethyl adjacent to an activating group) is 1. The van der Waals surface area contributed by atoms with Crippen LogP contribution in [0.1, 0.15) is 97.8 Å². The van der Waals surface area contributed by atoms with Gasteiger partial charge in [0.1, 0.15) is 13.1 Å². The van der Waals surface area contributed by atoms with Gasteiger partial charge in [-0.2, -0.15) is 0 Å². The molecule has 1 unspecified atom stereocenters. The molecule has 4 heteroatoms. The van der Waals surface area contributed by atoms with Crippen LogP contribution in [0, 0.1) is 0 Å². The second-order valence-corrected chi connectivity index (χ2v) is 8.32. The van der Waals surface area contributed by atoms with Gasteiger partial charge < -0.3 is 5.32 Å². The number of rotatable bonds is 17. The van der Waals surface area contributed by atoms with Gasteiger partial charge in [0, 0.05) is 13.3 Å². The van der Waals surface area contributed by atoms with Crippen LogP contribution < -0.4 is 5.32 Å². The summed E-state index contributed by atoms with van der Waals surface area (Å²) in [6, 6.07) is 0. The summed E-state index contributed by atoms with van der Waals surface area (Å²) in [6.07, 6.45) is 20.5. The van der Waals surface area contributed by atoms with Crippen LogP contribution in [-0.4, -0.2) is 48.9 Å². The molecular formula is C24H46N3O+. The number of amidine groups is 1. The number of nitrogens with zero attached hydrogens (tertiary/aromatic N) is 2. The van der Waals surface area contributed by atoms with Gasteiger partial charge in [0.15, 0.2) is 5.84 Å². The minimum Gasteiger partial charge on any atom is -0.351 e. The van der Waals surface area contributed by atoms with E-state index in [1.54, 1.807) is 6.92 Å². The van der Waals surface area contributed by atoms with Crippen molar-refractivity contribution >= 4 is 11.7 Å². The molecule has 1 aliphatic heterocycles. The largest absolute Gasteiger partial charge is 0.351 e. The monoisotopic (exact) mass is 392 g/mol. The second kappa shape index (κ2) is 15.7. The van der Waals surface area contributed by atoms with E-state index >= 15 is 0 Å². The maximum Gasteiger partial charge on any atom is 0.217 e. The fourth-order valence-electron chi connectivity index (χ4n) is 4.15. The van der Waals surface area contributed by atoms with Crippen molar-refractivity contribution in [3.8, 4) is 0 Å². The summed E-state index contributed by atoms with van der Waals surface area (Å²) in [5.41, 5.74) is 0. The van der Waals surface area contributed by atoms with Crippen molar-refractivity contribution in [2.45, 2.75) is 97.8 Å². The van der Waals surface area contributed by atoms with Crippen LogP contribution in [0.2, 0.25) is 0 Å². The smallest absolute Gasteiger partial charge is 0.217 e. The Labute approximate surface area is 174 Å². The average molecular weight is 393 g/mol. The quantitative estimate of drug-likeness (QED) is 0.195. The van der Waals surface area contributed by atoms with E-state index in [1.165, 1.54) is 76.5 Å². The standard InChI is InChI=1S/C24H45N3O/c1-4-6-7-8-9-10-11-12-13-14-15-16-17-18-24-26-20-22-27(24,5-2)21-19-25-23(3)28/h9-10H,4-8,11-22H2,1-3H3/p+1/b10-9+. The number of hydrogen-bond acceptors (Lipinski definition) is 2. The maximum absolute atomic E-state index is 11.1. The number of amides is 1. The zero-order valence-electron chi connectivity index (χ0n) is 19.0. The van der Waals surface area contributed by atoms with Gasteiger partial charge in [0.25, 0.3) is 0 Å². The molecule has 0 aromatic carbocycles. The van der Waals surface area contributed by atoms with Gasteiger partial charge in [-0.3, -0.25) is 9.28 Å². The molecule has 1 N–H and O–H groups in total. The molecule has 0 radical (unpaired) electrons. The first-order chi connectivity index (χ1) is 13.6. The first kappa shape index (κ1) is 24.9. The molecular weight excluding hydrogens is 346 g/mol. The Morgan fingerprint density at radius 2 is 1.64 bits per heavy atom. The Morgan fingerprint density at radius 1 is 1.00 bits per heavy atom. The highest BCUT2D eigenvalue weighted by Gasteiger charge is 2.35. The van der Waals surface area contributed by atoms with E-state index in [0.717, 1.165) is 43.6 Å². The number of nitrogens with one attached hydrogen (secondary N) is 1. The summed E-state index contributed by atoms with van der Waals surface area (Å²) in [6.45, 7) is 11.0. The normalized spacial score (nSPS) is 19.3. The Balaban J connectivity index is 2.07. The lowest BCUT2D eigenvalue weighted by molar-refractivity contribution is -0.833. The minimum absolute atomic E-state index is 0.0684. The summed E-state index contributed by atoms with van der Waals surface area (Å²) in [5.74, 6) is 1.44. The zero-order chi connectivity index (χ0) is 20.5. The van der Waals surface area contributed by atoms with E-state index < -0.39 is 0 Å². The van der Waals surface area contributed by atoms with Gasteiger partial charge in [0.05, 0.1) is 19.6 Å². The molecule has 0 saturated heterocycles. The van der Waals surface area contributed by atoms with Crippen molar-refractivity contribution in [1.29, 1.82) is 0 Å². The molecule has 0 spiro atoms. The molecule has 1 atom stereocenters. The third-order valence-corrected chi connectivity index (χ3v) is 6.05. The molecule has 0 aromatic rings. The van der Waals surface area contributed by atoms with Crippen molar-refractivity contribution < 1.29 is 9.28 Å². The summed E-state index contributed by atoms with van der Waals surface area (Å²) in [7, 11) is 0. The van der Waals surface area contributed by atoms with Crippen LogP contribution >= 0.6 is 0 Å². The molecule has 1 aliphatic rings. The number of hydrogen-bond donors (Lipinski definition) is 1. The van der Waals surface area contributed by atoms with Crippen molar-refractivity contribution in [2.75, 3.05) is 32.7 Å². The van der Waals surface area contributed by atoms with E-state index in [2.05, 4.69) is 31.3 Å². The number of allylic oxidation sites excluding steroid dienone is 2. The van der Waals surface area contributed by atoms with Crippen LogP contribution in [-0.2, 0) is 4.79 Å². The molecule has 0 bridgehead atoms. The molecule has 0 aliphatic carbocycles. The highest BCUT2D eigenvalue weighted by Crippen LogP contribution is 2.20. The zero-order valence-corrected chi connectivity index (χ0v) is 19.0. The molecule has 0 aromatic heterocycles. The van der Waals surface area contributed by atoms with Crippen molar-refractivity contribution in [3.63, 3.8) is 0 Å². The molecule has 162 valence electrons.